The lowest BCUT2D eigenvalue weighted by Crippen LogP contribution is -2.61. The smallest absolute Gasteiger partial charge is 0.303 e. The summed E-state index contributed by atoms with van der Waals surface area (Å²) in [7, 11) is 0. The van der Waals surface area contributed by atoms with Crippen molar-refractivity contribution in [3.8, 4) is 0 Å². The monoisotopic (exact) mass is 392 g/mol. The van der Waals surface area contributed by atoms with Gasteiger partial charge in [-0.15, -0.1) is 11.8 Å². The highest BCUT2D eigenvalue weighted by molar-refractivity contribution is 7.99. The van der Waals surface area contributed by atoms with Crippen LogP contribution in [-0.4, -0.2) is 66.1 Å². The number of carbonyl (C=O) groups is 4. The van der Waals surface area contributed by atoms with Crippen molar-refractivity contribution < 1.29 is 42.9 Å². The number of ether oxygens (including phenoxy) is 5. The lowest BCUT2D eigenvalue weighted by Gasteiger charge is -2.44. The van der Waals surface area contributed by atoms with E-state index in [1.807, 2.05) is 6.92 Å². The van der Waals surface area contributed by atoms with Crippen LogP contribution in [0.1, 0.15) is 34.6 Å². The fourth-order valence-corrected chi connectivity index (χ4v) is 3.44. The van der Waals surface area contributed by atoms with Crippen LogP contribution in [0.4, 0.5) is 0 Å². The third-order valence-corrected chi connectivity index (χ3v) is 4.32. The third-order valence-electron chi connectivity index (χ3n) is 3.28. The van der Waals surface area contributed by atoms with Crippen molar-refractivity contribution in [1.82, 2.24) is 0 Å². The van der Waals surface area contributed by atoms with E-state index in [-0.39, 0.29) is 6.61 Å². The predicted octanol–water partition coefficient (Wildman–Crippen LogP) is 0.823. The Morgan fingerprint density at radius 3 is 1.77 bits per heavy atom. The maximum Gasteiger partial charge on any atom is 0.303 e. The van der Waals surface area contributed by atoms with Gasteiger partial charge < -0.3 is 23.7 Å². The third kappa shape index (κ3) is 6.83. The first kappa shape index (κ1) is 22.2. The van der Waals surface area contributed by atoms with Gasteiger partial charge in [-0.05, 0) is 5.75 Å². The van der Waals surface area contributed by atoms with E-state index in [2.05, 4.69) is 0 Å². The van der Waals surface area contributed by atoms with Crippen molar-refractivity contribution in [3.05, 3.63) is 0 Å². The Morgan fingerprint density at radius 1 is 0.808 bits per heavy atom. The van der Waals surface area contributed by atoms with Gasteiger partial charge in [-0.3, -0.25) is 19.2 Å². The van der Waals surface area contributed by atoms with Gasteiger partial charge in [-0.25, -0.2) is 0 Å². The van der Waals surface area contributed by atoms with Crippen LogP contribution in [0.15, 0.2) is 0 Å². The number of thioether (sulfide) groups is 1. The Bertz CT molecular complexity index is 536. The SMILES string of the molecule is CCS[C@@H]1O[C@H](COC(C)=O)[C@H](OC(C)=O)[C@H](OC(C)=O)[C@@H]1OC(C)=O. The molecule has 26 heavy (non-hydrogen) atoms. The average Bonchev–Trinajstić information content (AvgIpc) is 2.50. The molecule has 0 amide bonds. The largest absolute Gasteiger partial charge is 0.463 e. The van der Waals surface area contributed by atoms with Crippen LogP contribution in [0.2, 0.25) is 0 Å². The quantitative estimate of drug-likeness (QED) is 0.455. The van der Waals surface area contributed by atoms with Crippen molar-refractivity contribution in [2.75, 3.05) is 12.4 Å². The van der Waals surface area contributed by atoms with E-state index >= 15 is 0 Å². The molecule has 1 rings (SSSR count). The lowest BCUT2D eigenvalue weighted by atomic mass is 9.99. The second-order valence-electron chi connectivity index (χ2n) is 5.52. The molecular weight excluding hydrogens is 368 g/mol. The highest BCUT2D eigenvalue weighted by Crippen LogP contribution is 2.34. The van der Waals surface area contributed by atoms with Crippen molar-refractivity contribution in [2.45, 2.75) is 64.5 Å². The van der Waals surface area contributed by atoms with Gasteiger partial charge >= 0.3 is 23.9 Å². The van der Waals surface area contributed by atoms with Crippen molar-refractivity contribution >= 4 is 35.6 Å². The maximum absolute atomic E-state index is 11.6. The highest BCUT2D eigenvalue weighted by atomic mass is 32.2. The van der Waals surface area contributed by atoms with Crippen LogP contribution in [0.3, 0.4) is 0 Å². The number of hydrogen-bond donors (Lipinski definition) is 0. The van der Waals surface area contributed by atoms with Crippen LogP contribution < -0.4 is 0 Å². The molecule has 148 valence electrons. The molecule has 10 heteroatoms. The molecule has 1 heterocycles. The van der Waals surface area contributed by atoms with E-state index in [0.717, 1.165) is 0 Å². The summed E-state index contributed by atoms with van der Waals surface area (Å²) < 4.78 is 26.7. The van der Waals surface area contributed by atoms with Gasteiger partial charge in [-0.2, -0.15) is 0 Å². The van der Waals surface area contributed by atoms with Crippen molar-refractivity contribution in [3.63, 3.8) is 0 Å². The maximum atomic E-state index is 11.6. The minimum atomic E-state index is -1.10. The Morgan fingerprint density at radius 2 is 1.31 bits per heavy atom. The topological polar surface area (TPSA) is 114 Å². The number of esters is 4. The number of carbonyl (C=O) groups excluding carboxylic acids is 4. The molecule has 1 aliphatic rings. The molecule has 0 N–H and O–H groups in total. The van der Waals surface area contributed by atoms with E-state index in [9.17, 15) is 19.2 Å². The van der Waals surface area contributed by atoms with Gasteiger partial charge in [0.2, 0.25) is 0 Å². The minimum Gasteiger partial charge on any atom is -0.463 e. The van der Waals surface area contributed by atoms with Gasteiger partial charge in [0.25, 0.3) is 0 Å². The molecule has 0 unspecified atom stereocenters. The van der Waals surface area contributed by atoms with Gasteiger partial charge in [0.15, 0.2) is 18.3 Å². The highest BCUT2D eigenvalue weighted by Gasteiger charge is 2.52. The fraction of sp³-hybridized carbons (Fsp3) is 0.750. The molecule has 9 nitrogen and oxygen atoms in total. The summed E-state index contributed by atoms with van der Waals surface area (Å²) in [6, 6.07) is 0. The first-order valence-electron chi connectivity index (χ1n) is 8.07. The van der Waals surface area contributed by atoms with E-state index in [0.29, 0.717) is 5.75 Å². The summed E-state index contributed by atoms with van der Waals surface area (Å²) in [5.41, 5.74) is -0.694. The summed E-state index contributed by atoms with van der Waals surface area (Å²) >= 11 is 1.32. The molecule has 1 saturated heterocycles. The standard InChI is InChI=1S/C16H24O9S/c1-6-26-16-15(24-11(5)20)14(23-10(4)19)13(22-9(3)18)12(25-16)7-21-8(2)17/h12-16H,6-7H2,1-5H3/t12-,13+,14+,15+,16+/m1/s1. The Labute approximate surface area is 156 Å². The molecule has 0 aromatic heterocycles. The zero-order valence-electron chi connectivity index (χ0n) is 15.4. The zero-order valence-corrected chi connectivity index (χ0v) is 16.2. The second kappa shape index (κ2) is 10.4. The zero-order chi connectivity index (χ0) is 19.9. The summed E-state index contributed by atoms with van der Waals surface area (Å²) in [5.74, 6) is -1.81. The van der Waals surface area contributed by atoms with Gasteiger partial charge in [0.1, 0.15) is 18.1 Å². The van der Waals surface area contributed by atoms with E-state index in [1.165, 1.54) is 39.5 Å². The Balaban J connectivity index is 3.22. The van der Waals surface area contributed by atoms with E-state index < -0.39 is 53.7 Å². The van der Waals surface area contributed by atoms with Gasteiger partial charge in [-0.1, -0.05) is 6.92 Å². The Kier molecular flexibility index (Phi) is 8.86. The Hall–Kier alpha value is -1.81. The van der Waals surface area contributed by atoms with Gasteiger partial charge in [0.05, 0.1) is 0 Å². The predicted molar refractivity (Wildman–Crippen MR) is 90.1 cm³/mol. The lowest BCUT2D eigenvalue weighted by molar-refractivity contribution is -0.237. The number of rotatable bonds is 7. The summed E-state index contributed by atoms with van der Waals surface area (Å²) in [6.07, 6.45) is -4.07. The first-order chi connectivity index (χ1) is 12.1. The molecule has 0 bridgehead atoms. The minimum absolute atomic E-state index is 0.210. The second-order valence-corrected chi connectivity index (χ2v) is 6.90. The fourth-order valence-electron chi connectivity index (χ4n) is 2.49. The normalized spacial score (nSPS) is 28.0. The van der Waals surface area contributed by atoms with Crippen molar-refractivity contribution in [2.24, 2.45) is 0 Å². The molecule has 0 aromatic carbocycles. The first-order valence-corrected chi connectivity index (χ1v) is 9.12. The molecule has 0 aliphatic carbocycles. The van der Waals surface area contributed by atoms with Crippen LogP contribution >= 0.6 is 11.8 Å². The molecular formula is C16H24O9S. The molecule has 0 saturated carbocycles. The van der Waals surface area contributed by atoms with Crippen LogP contribution in [0.25, 0.3) is 0 Å². The molecule has 1 aliphatic heterocycles. The average molecular weight is 392 g/mol. The molecule has 0 radical (unpaired) electrons. The molecule has 5 atom stereocenters. The molecule has 0 spiro atoms. The number of hydrogen-bond acceptors (Lipinski definition) is 10. The molecule has 0 aromatic rings. The van der Waals surface area contributed by atoms with Crippen LogP contribution in [0.5, 0.6) is 0 Å². The summed E-state index contributed by atoms with van der Waals surface area (Å²) in [6.45, 7) is 6.48. The summed E-state index contributed by atoms with van der Waals surface area (Å²) in [4.78, 5) is 45.8. The van der Waals surface area contributed by atoms with E-state index in [4.69, 9.17) is 23.7 Å². The van der Waals surface area contributed by atoms with Crippen LogP contribution in [-0.2, 0) is 42.9 Å². The van der Waals surface area contributed by atoms with E-state index in [1.54, 1.807) is 0 Å². The van der Waals surface area contributed by atoms with Crippen LogP contribution in [0, 0.1) is 0 Å². The summed E-state index contributed by atoms with van der Waals surface area (Å²) in [5, 5.41) is 0. The van der Waals surface area contributed by atoms with Crippen molar-refractivity contribution in [1.29, 1.82) is 0 Å². The van der Waals surface area contributed by atoms with Gasteiger partial charge in [0, 0.05) is 27.7 Å². The molecule has 1 fully saturated rings.